The topological polar surface area (TPSA) is 63.6 Å². The van der Waals surface area contributed by atoms with Crippen molar-refractivity contribution in [2.75, 3.05) is 7.11 Å². The first-order valence-corrected chi connectivity index (χ1v) is 7.93. The third kappa shape index (κ3) is 3.05. The largest absolute Gasteiger partial charge is 0.504 e. The van der Waals surface area contributed by atoms with Gasteiger partial charge in [0, 0.05) is 26.3 Å². The van der Waals surface area contributed by atoms with Crippen LogP contribution in [0.1, 0.15) is 16.7 Å². The molecule has 0 aliphatic carbocycles. The lowest BCUT2D eigenvalue weighted by molar-refractivity contribution is 0.368. The van der Waals surface area contributed by atoms with Gasteiger partial charge in [0.05, 0.1) is 12.9 Å². The van der Waals surface area contributed by atoms with Gasteiger partial charge in [0.15, 0.2) is 11.5 Å². The summed E-state index contributed by atoms with van der Waals surface area (Å²) in [6, 6.07) is 0. The highest BCUT2D eigenvalue weighted by Crippen LogP contribution is 2.42. The lowest BCUT2D eigenvalue weighted by atomic mass is 10.0. The molecule has 0 amide bonds. The van der Waals surface area contributed by atoms with E-state index in [-0.39, 0.29) is 17.1 Å². The lowest BCUT2D eigenvalue weighted by Crippen LogP contribution is -2.02. The van der Waals surface area contributed by atoms with Crippen LogP contribution in [0.5, 0.6) is 11.5 Å². The predicted octanol–water partition coefficient (Wildman–Crippen LogP) is 2.85. The van der Waals surface area contributed by atoms with Crippen molar-refractivity contribution < 1.29 is 18.3 Å². The van der Waals surface area contributed by atoms with E-state index in [9.17, 15) is 13.5 Å². The van der Waals surface area contributed by atoms with Gasteiger partial charge in [0.2, 0.25) is 9.05 Å². The monoisotopic (exact) mass is 342 g/mol. The minimum atomic E-state index is -3.74. The molecule has 0 aliphatic heterocycles. The highest BCUT2D eigenvalue weighted by Gasteiger charge is 2.22. The molecule has 17 heavy (non-hydrogen) atoms. The van der Waals surface area contributed by atoms with E-state index in [1.807, 2.05) is 0 Å². The molecule has 96 valence electrons. The van der Waals surface area contributed by atoms with E-state index >= 15 is 0 Å². The van der Waals surface area contributed by atoms with E-state index in [1.165, 1.54) is 7.11 Å². The zero-order valence-electron chi connectivity index (χ0n) is 9.54. The SMILES string of the molecule is COc1c(C)c(Br)c(C)c(CS(=O)(=O)Cl)c1O. The van der Waals surface area contributed by atoms with Gasteiger partial charge in [-0.2, -0.15) is 0 Å². The molecule has 0 heterocycles. The third-order valence-corrected chi connectivity index (χ3v) is 4.62. The van der Waals surface area contributed by atoms with Crippen LogP contribution in [0.2, 0.25) is 0 Å². The molecule has 1 aromatic rings. The van der Waals surface area contributed by atoms with Crippen LogP contribution in [0.3, 0.4) is 0 Å². The molecular formula is C10H12BrClO4S. The molecule has 0 aromatic heterocycles. The molecule has 0 aliphatic rings. The molecule has 7 heteroatoms. The molecule has 0 spiro atoms. The quantitative estimate of drug-likeness (QED) is 0.857. The summed E-state index contributed by atoms with van der Waals surface area (Å²) in [4.78, 5) is 0. The number of benzene rings is 1. The fourth-order valence-electron chi connectivity index (χ4n) is 1.60. The molecule has 1 rings (SSSR count). The standard InChI is InChI=1S/C10H12BrClO4S/c1-5-7(4-17(12,14)15)9(13)10(16-3)6(2)8(5)11/h13H,4H2,1-3H3. The first-order valence-electron chi connectivity index (χ1n) is 4.65. The summed E-state index contributed by atoms with van der Waals surface area (Å²) in [6.07, 6.45) is 0. The van der Waals surface area contributed by atoms with Gasteiger partial charge in [-0.1, -0.05) is 15.9 Å². The lowest BCUT2D eigenvalue weighted by Gasteiger charge is -2.16. The van der Waals surface area contributed by atoms with E-state index in [2.05, 4.69) is 15.9 Å². The van der Waals surface area contributed by atoms with Gasteiger partial charge in [-0.3, -0.25) is 0 Å². The van der Waals surface area contributed by atoms with E-state index < -0.39 is 14.8 Å². The molecule has 0 saturated carbocycles. The van der Waals surface area contributed by atoms with Crippen molar-refractivity contribution in [3.63, 3.8) is 0 Å². The molecule has 0 radical (unpaired) electrons. The molecule has 0 atom stereocenters. The zero-order valence-corrected chi connectivity index (χ0v) is 12.7. The van der Waals surface area contributed by atoms with Gasteiger partial charge in [0.25, 0.3) is 0 Å². The van der Waals surface area contributed by atoms with Crippen molar-refractivity contribution in [3.05, 3.63) is 21.2 Å². The van der Waals surface area contributed by atoms with Gasteiger partial charge >= 0.3 is 0 Å². The fourth-order valence-corrected chi connectivity index (χ4v) is 3.05. The van der Waals surface area contributed by atoms with Gasteiger partial charge < -0.3 is 9.84 Å². The highest BCUT2D eigenvalue weighted by molar-refractivity contribution is 9.10. The van der Waals surface area contributed by atoms with Crippen LogP contribution >= 0.6 is 26.6 Å². The van der Waals surface area contributed by atoms with Crippen LogP contribution in [0.15, 0.2) is 4.47 Å². The summed E-state index contributed by atoms with van der Waals surface area (Å²) in [5.74, 6) is -0.380. The van der Waals surface area contributed by atoms with Crippen molar-refractivity contribution in [3.8, 4) is 11.5 Å². The summed E-state index contributed by atoms with van der Waals surface area (Å²) in [5, 5.41) is 9.97. The average Bonchev–Trinajstić information content (AvgIpc) is 2.21. The minimum Gasteiger partial charge on any atom is -0.504 e. The molecule has 0 fully saturated rings. The van der Waals surface area contributed by atoms with Crippen molar-refractivity contribution in [2.45, 2.75) is 19.6 Å². The number of ether oxygens (including phenoxy) is 1. The number of phenols is 1. The Kier molecular flexibility index (Phi) is 4.33. The van der Waals surface area contributed by atoms with Gasteiger partial charge in [-0.25, -0.2) is 8.42 Å². The fraction of sp³-hybridized carbons (Fsp3) is 0.400. The van der Waals surface area contributed by atoms with Crippen LogP contribution < -0.4 is 4.74 Å². The van der Waals surface area contributed by atoms with Crippen LogP contribution in [-0.2, 0) is 14.8 Å². The van der Waals surface area contributed by atoms with Gasteiger partial charge in [-0.05, 0) is 19.4 Å². The normalized spacial score (nSPS) is 11.6. The van der Waals surface area contributed by atoms with Crippen LogP contribution in [0.25, 0.3) is 0 Å². The summed E-state index contributed by atoms with van der Waals surface area (Å²) in [7, 11) is 2.87. The van der Waals surface area contributed by atoms with Crippen LogP contribution in [0, 0.1) is 13.8 Å². The zero-order chi connectivity index (χ0) is 13.4. The van der Waals surface area contributed by atoms with Gasteiger partial charge in [-0.15, -0.1) is 0 Å². The second-order valence-electron chi connectivity index (χ2n) is 3.61. The molecule has 1 N–H and O–H groups in total. The Bertz CT molecular complexity index is 554. The third-order valence-electron chi connectivity index (χ3n) is 2.47. The number of aromatic hydroxyl groups is 1. The molecule has 0 bridgehead atoms. The summed E-state index contributed by atoms with van der Waals surface area (Å²) in [5.41, 5.74) is 1.58. The number of hydrogen-bond acceptors (Lipinski definition) is 4. The maximum Gasteiger partial charge on any atom is 0.236 e. The number of halogens is 2. The van der Waals surface area contributed by atoms with E-state index in [0.29, 0.717) is 15.6 Å². The van der Waals surface area contributed by atoms with Crippen LogP contribution in [-0.4, -0.2) is 20.6 Å². The predicted molar refractivity (Wildman–Crippen MR) is 70.3 cm³/mol. The highest BCUT2D eigenvalue weighted by atomic mass is 79.9. The maximum atomic E-state index is 11.1. The minimum absolute atomic E-state index is 0.185. The number of rotatable bonds is 3. The summed E-state index contributed by atoms with van der Waals surface area (Å²) in [6.45, 7) is 3.46. The van der Waals surface area contributed by atoms with Crippen molar-refractivity contribution in [1.29, 1.82) is 0 Å². The Labute approximate surface area is 113 Å². The van der Waals surface area contributed by atoms with Crippen molar-refractivity contribution in [1.82, 2.24) is 0 Å². The van der Waals surface area contributed by atoms with Crippen molar-refractivity contribution >= 4 is 35.7 Å². The second-order valence-corrected chi connectivity index (χ2v) is 7.18. The first-order chi connectivity index (χ1) is 7.69. The Morgan fingerprint density at radius 3 is 2.29 bits per heavy atom. The molecular weight excluding hydrogens is 332 g/mol. The second kappa shape index (κ2) is 5.04. The number of methoxy groups -OCH3 is 1. The van der Waals surface area contributed by atoms with Crippen LogP contribution in [0.4, 0.5) is 0 Å². The van der Waals surface area contributed by atoms with E-state index in [4.69, 9.17) is 15.4 Å². The molecule has 1 aromatic carbocycles. The molecule has 4 nitrogen and oxygen atoms in total. The average molecular weight is 344 g/mol. The van der Waals surface area contributed by atoms with E-state index in [0.717, 1.165) is 0 Å². The first kappa shape index (κ1) is 14.6. The Morgan fingerprint density at radius 2 is 1.88 bits per heavy atom. The number of phenolic OH excluding ortho intramolecular Hbond substituents is 1. The number of hydrogen-bond donors (Lipinski definition) is 1. The smallest absolute Gasteiger partial charge is 0.236 e. The Hall–Kier alpha value is -0.460. The Balaban J connectivity index is 3.56. The summed E-state index contributed by atoms with van der Waals surface area (Å²) >= 11 is 3.33. The van der Waals surface area contributed by atoms with Crippen molar-refractivity contribution in [2.24, 2.45) is 0 Å². The molecule has 0 unspecified atom stereocenters. The maximum absolute atomic E-state index is 11.1. The summed E-state index contributed by atoms with van der Waals surface area (Å²) < 4.78 is 27.9. The van der Waals surface area contributed by atoms with E-state index in [1.54, 1.807) is 13.8 Å². The Morgan fingerprint density at radius 1 is 1.35 bits per heavy atom. The van der Waals surface area contributed by atoms with Gasteiger partial charge in [0.1, 0.15) is 0 Å². The molecule has 0 saturated heterocycles.